The van der Waals surface area contributed by atoms with Crippen molar-refractivity contribution in [3.63, 3.8) is 0 Å². The molecule has 3 rings (SSSR count). The van der Waals surface area contributed by atoms with Crippen LogP contribution in [0.3, 0.4) is 0 Å². The first kappa shape index (κ1) is 20.8. The first-order chi connectivity index (χ1) is 14.1. The Balaban J connectivity index is 1.36. The van der Waals surface area contributed by atoms with Crippen LogP contribution in [-0.4, -0.2) is 68.0 Å². The average Bonchev–Trinajstić information content (AvgIpc) is 2.74. The van der Waals surface area contributed by atoms with Gasteiger partial charge in [-0.1, -0.05) is 30.3 Å². The number of ether oxygens (including phenoxy) is 1. The van der Waals surface area contributed by atoms with E-state index in [9.17, 15) is 9.59 Å². The number of benzene rings is 2. The van der Waals surface area contributed by atoms with Gasteiger partial charge in [0.1, 0.15) is 5.75 Å². The van der Waals surface area contributed by atoms with Crippen molar-refractivity contribution >= 4 is 17.5 Å². The molecule has 0 aliphatic carbocycles. The zero-order chi connectivity index (χ0) is 20.5. The number of hydrogen-bond acceptors (Lipinski definition) is 5. The standard InChI is InChI=1S/C22H28N4O3/c1-25-11-13-26(14-12-25)16-18-7-9-19(10-8-18)24-21(27)15-23-22(28)17-29-20-5-3-2-4-6-20/h2-10H,11-17H2,1H3,(H,23,28)(H,24,27). The van der Waals surface area contributed by atoms with E-state index < -0.39 is 0 Å². The van der Waals surface area contributed by atoms with E-state index in [0.29, 0.717) is 11.4 Å². The van der Waals surface area contributed by atoms with Crippen molar-refractivity contribution in [2.45, 2.75) is 6.54 Å². The maximum atomic E-state index is 12.0. The fourth-order valence-corrected chi connectivity index (χ4v) is 3.06. The molecule has 0 unspecified atom stereocenters. The molecule has 0 aromatic heterocycles. The van der Waals surface area contributed by atoms with Crippen molar-refractivity contribution < 1.29 is 14.3 Å². The third kappa shape index (κ3) is 7.21. The van der Waals surface area contributed by atoms with E-state index in [2.05, 4.69) is 27.5 Å². The second-order valence-corrected chi connectivity index (χ2v) is 7.20. The summed E-state index contributed by atoms with van der Waals surface area (Å²) in [5.74, 6) is 0.000158. The lowest BCUT2D eigenvalue weighted by Gasteiger charge is -2.32. The number of carbonyl (C=O) groups excluding carboxylic acids is 2. The Morgan fingerprint density at radius 2 is 1.62 bits per heavy atom. The Morgan fingerprint density at radius 3 is 2.31 bits per heavy atom. The van der Waals surface area contributed by atoms with Crippen molar-refractivity contribution in [1.82, 2.24) is 15.1 Å². The van der Waals surface area contributed by atoms with Gasteiger partial charge in [-0.25, -0.2) is 0 Å². The summed E-state index contributed by atoms with van der Waals surface area (Å²) in [5.41, 5.74) is 1.94. The molecule has 0 atom stereocenters. The van der Waals surface area contributed by atoms with Gasteiger partial charge in [-0.15, -0.1) is 0 Å². The molecular formula is C22H28N4O3. The van der Waals surface area contributed by atoms with E-state index in [1.54, 1.807) is 12.1 Å². The highest BCUT2D eigenvalue weighted by atomic mass is 16.5. The van der Waals surface area contributed by atoms with Gasteiger partial charge in [0.2, 0.25) is 5.91 Å². The summed E-state index contributed by atoms with van der Waals surface area (Å²) in [6, 6.07) is 16.9. The Labute approximate surface area is 171 Å². The first-order valence-electron chi connectivity index (χ1n) is 9.83. The van der Waals surface area contributed by atoms with Crippen LogP contribution in [0.5, 0.6) is 5.75 Å². The third-order valence-corrected chi connectivity index (χ3v) is 4.80. The van der Waals surface area contributed by atoms with E-state index in [0.717, 1.165) is 32.7 Å². The molecule has 0 bridgehead atoms. The summed E-state index contributed by atoms with van der Waals surface area (Å²) in [4.78, 5) is 28.6. The van der Waals surface area contributed by atoms with Crippen LogP contribution in [0.25, 0.3) is 0 Å². The molecule has 2 amide bonds. The molecule has 0 saturated carbocycles. The van der Waals surface area contributed by atoms with Gasteiger partial charge in [0.15, 0.2) is 6.61 Å². The van der Waals surface area contributed by atoms with Crippen LogP contribution in [0.15, 0.2) is 54.6 Å². The molecule has 0 radical (unpaired) electrons. The number of hydrogen-bond donors (Lipinski definition) is 2. The lowest BCUT2D eigenvalue weighted by Crippen LogP contribution is -2.43. The number of likely N-dealkylation sites (N-methyl/N-ethyl adjacent to an activating group) is 1. The Morgan fingerprint density at radius 1 is 0.931 bits per heavy atom. The van der Waals surface area contributed by atoms with Gasteiger partial charge >= 0.3 is 0 Å². The van der Waals surface area contributed by atoms with Crippen LogP contribution < -0.4 is 15.4 Å². The largest absolute Gasteiger partial charge is 0.484 e. The minimum Gasteiger partial charge on any atom is -0.484 e. The van der Waals surface area contributed by atoms with Crippen LogP contribution in [0.1, 0.15) is 5.56 Å². The Hall–Kier alpha value is -2.90. The number of rotatable bonds is 8. The molecule has 7 heteroatoms. The second-order valence-electron chi connectivity index (χ2n) is 7.20. The van der Waals surface area contributed by atoms with Crippen LogP contribution >= 0.6 is 0 Å². The second kappa shape index (κ2) is 10.6. The highest BCUT2D eigenvalue weighted by molar-refractivity contribution is 5.94. The molecule has 7 nitrogen and oxygen atoms in total. The molecule has 1 heterocycles. The molecule has 29 heavy (non-hydrogen) atoms. The molecule has 154 valence electrons. The zero-order valence-corrected chi connectivity index (χ0v) is 16.8. The van der Waals surface area contributed by atoms with E-state index in [1.807, 2.05) is 42.5 Å². The number of nitrogens with one attached hydrogen (secondary N) is 2. The van der Waals surface area contributed by atoms with Crippen molar-refractivity contribution in [3.8, 4) is 5.75 Å². The lowest BCUT2D eigenvalue weighted by molar-refractivity contribution is -0.125. The minimum absolute atomic E-state index is 0.0972. The molecular weight excluding hydrogens is 368 g/mol. The van der Waals surface area contributed by atoms with E-state index in [-0.39, 0.29) is 25.0 Å². The Kier molecular flexibility index (Phi) is 7.61. The normalized spacial score (nSPS) is 14.9. The van der Waals surface area contributed by atoms with Crippen LogP contribution in [0, 0.1) is 0 Å². The predicted molar refractivity (Wildman–Crippen MR) is 113 cm³/mol. The number of amides is 2. The number of para-hydroxylation sites is 1. The Bertz CT molecular complexity index is 787. The summed E-state index contributed by atoms with van der Waals surface area (Å²) in [5, 5.41) is 5.35. The van der Waals surface area contributed by atoms with Gasteiger partial charge in [0, 0.05) is 38.4 Å². The smallest absolute Gasteiger partial charge is 0.258 e. The fraction of sp³-hybridized carbons (Fsp3) is 0.364. The summed E-state index contributed by atoms with van der Waals surface area (Å²) < 4.78 is 5.35. The summed E-state index contributed by atoms with van der Waals surface area (Å²) >= 11 is 0. The predicted octanol–water partition coefficient (Wildman–Crippen LogP) is 1.57. The number of anilines is 1. The van der Waals surface area contributed by atoms with Gasteiger partial charge in [0.25, 0.3) is 5.91 Å². The molecule has 1 aliphatic heterocycles. The van der Waals surface area contributed by atoms with Gasteiger partial charge in [0.05, 0.1) is 6.54 Å². The highest BCUT2D eigenvalue weighted by Crippen LogP contribution is 2.13. The van der Waals surface area contributed by atoms with Gasteiger partial charge in [-0.05, 0) is 36.9 Å². The molecule has 2 N–H and O–H groups in total. The lowest BCUT2D eigenvalue weighted by atomic mass is 10.2. The monoisotopic (exact) mass is 396 g/mol. The van der Waals surface area contributed by atoms with Crippen LogP contribution in [0.2, 0.25) is 0 Å². The third-order valence-electron chi connectivity index (χ3n) is 4.80. The topological polar surface area (TPSA) is 73.9 Å². The summed E-state index contributed by atoms with van der Waals surface area (Å²) in [6.45, 7) is 5.02. The van der Waals surface area contributed by atoms with Crippen molar-refractivity contribution in [2.24, 2.45) is 0 Å². The van der Waals surface area contributed by atoms with Crippen molar-refractivity contribution in [1.29, 1.82) is 0 Å². The highest BCUT2D eigenvalue weighted by Gasteiger charge is 2.14. The molecule has 1 aliphatic rings. The maximum absolute atomic E-state index is 12.0. The van der Waals surface area contributed by atoms with Gasteiger partial charge in [-0.2, -0.15) is 0 Å². The van der Waals surface area contributed by atoms with Crippen molar-refractivity contribution in [3.05, 3.63) is 60.2 Å². The van der Waals surface area contributed by atoms with E-state index >= 15 is 0 Å². The number of carbonyl (C=O) groups is 2. The van der Waals surface area contributed by atoms with Crippen LogP contribution in [0.4, 0.5) is 5.69 Å². The number of nitrogens with zero attached hydrogens (tertiary/aromatic N) is 2. The van der Waals surface area contributed by atoms with E-state index in [4.69, 9.17) is 4.74 Å². The molecule has 2 aromatic carbocycles. The van der Waals surface area contributed by atoms with Crippen LogP contribution in [-0.2, 0) is 16.1 Å². The fourth-order valence-electron chi connectivity index (χ4n) is 3.06. The zero-order valence-electron chi connectivity index (χ0n) is 16.8. The quantitative estimate of drug-likeness (QED) is 0.709. The molecule has 1 fully saturated rings. The van der Waals surface area contributed by atoms with Gasteiger partial charge < -0.3 is 20.3 Å². The molecule has 1 saturated heterocycles. The maximum Gasteiger partial charge on any atom is 0.258 e. The molecule has 2 aromatic rings. The van der Waals surface area contributed by atoms with Crippen molar-refractivity contribution in [2.75, 3.05) is 51.7 Å². The number of piperazine rings is 1. The SMILES string of the molecule is CN1CCN(Cc2ccc(NC(=O)CNC(=O)COc3ccccc3)cc2)CC1. The first-order valence-corrected chi connectivity index (χ1v) is 9.83. The average molecular weight is 396 g/mol. The summed E-state index contributed by atoms with van der Waals surface area (Å²) in [7, 11) is 2.15. The van der Waals surface area contributed by atoms with E-state index in [1.165, 1.54) is 5.56 Å². The molecule has 0 spiro atoms. The minimum atomic E-state index is -0.341. The summed E-state index contributed by atoms with van der Waals surface area (Å²) in [6.07, 6.45) is 0. The van der Waals surface area contributed by atoms with Gasteiger partial charge in [-0.3, -0.25) is 14.5 Å².